The van der Waals surface area contributed by atoms with Crippen molar-refractivity contribution in [2.45, 2.75) is 12.5 Å². The first kappa shape index (κ1) is 10.7. The molecule has 0 spiro atoms. The number of aromatic nitrogens is 3. The number of aliphatic hydroxyl groups is 1. The van der Waals surface area contributed by atoms with Gasteiger partial charge in [-0.05, 0) is 17.7 Å². The van der Waals surface area contributed by atoms with E-state index in [1.54, 1.807) is 12.4 Å². The molecule has 2 aromatic rings. The average molecular weight is 220 g/mol. The molecule has 2 rings (SSSR count). The molecule has 0 saturated heterocycles. The van der Waals surface area contributed by atoms with E-state index in [9.17, 15) is 5.11 Å². The van der Waals surface area contributed by atoms with Crippen molar-refractivity contribution in [1.82, 2.24) is 15.1 Å². The standard InChI is InChI=1S/C10H12N4O2/c11-6-8(15)10-13-9(14-16-10)5-7-1-3-12-4-2-7/h1-4,8,15H,5-6,11H2. The summed E-state index contributed by atoms with van der Waals surface area (Å²) >= 11 is 0. The first-order valence-corrected chi connectivity index (χ1v) is 4.89. The Morgan fingerprint density at radius 1 is 1.38 bits per heavy atom. The fourth-order valence-corrected chi connectivity index (χ4v) is 1.26. The second kappa shape index (κ2) is 4.82. The summed E-state index contributed by atoms with van der Waals surface area (Å²) in [6.07, 6.45) is 3.05. The van der Waals surface area contributed by atoms with Crippen molar-refractivity contribution in [1.29, 1.82) is 0 Å². The summed E-state index contributed by atoms with van der Waals surface area (Å²) in [6, 6.07) is 3.74. The Morgan fingerprint density at radius 3 is 2.81 bits per heavy atom. The fourth-order valence-electron chi connectivity index (χ4n) is 1.26. The fraction of sp³-hybridized carbons (Fsp3) is 0.300. The Bertz CT molecular complexity index is 443. The van der Waals surface area contributed by atoms with Crippen LogP contribution in [0.4, 0.5) is 0 Å². The van der Waals surface area contributed by atoms with Crippen LogP contribution >= 0.6 is 0 Å². The van der Waals surface area contributed by atoms with Crippen LogP contribution in [-0.2, 0) is 6.42 Å². The highest BCUT2D eigenvalue weighted by Gasteiger charge is 2.14. The third-order valence-electron chi connectivity index (χ3n) is 2.10. The van der Waals surface area contributed by atoms with Crippen LogP contribution in [0, 0.1) is 0 Å². The summed E-state index contributed by atoms with van der Waals surface area (Å²) in [5.74, 6) is 0.681. The van der Waals surface area contributed by atoms with Gasteiger partial charge in [0.2, 0.25) is 0 Å². The van der Waals surface area contributed by atoms with Gasteiger partial charge < -0.3 is 15.4 Å². The predicted octanol–water partition coefficient (Wildman–Crippen LogP) is 0.0475. The van der Waals surface area contributed by atoms with Gasteiger partial charge in [-0.1, -0.05) is 5.16 Å². The van der Waals surface area contributed by atoms with Crippen molar-refractivity contribution >= 4 is 0 Å². The Morgan fingerprint density at radius 2 is 2.12 bits per heavy atom. The summed E-state index contributed by atoms with van der Waals surface area (Å²) in [5, 5.41) is 13.1. The van der Waals surface area contributed by atoms with E-state index < -0.39 is 6.10 Å². The van der Waals surface area contributed by atoms with Gasteiger partial charge in [0.15, 0.2) is 5.82 Å². The zero-order valence-electron chi connectivity index (χ0n) is 8.58. The molecular formula is C10H12N4O2. The van der Waals surface area contributed by atoms with Gasteiger partial charge in [-0.25, -0.2) is 0 Å². The minimum absolute atomic E-state index is 0.0664. The van der Waals surface area contributed by atoms with Gasteiger partial charge >= 0.3 is 0 Å². The third-order valence-corrected chi connectivity index (χ3v) is 2.10. The molecule has 6 heteroatoms. The van der Waals surface area contributed by atoms with Crippen molar-refractivity contribution in [3.05, 3.63) is 41.8 Å². The quantitative estimate of drug-likeness (QED) is 0.755. The zero-order valence-corrected chi connectivity index (χ0v) is 8.58. The highest BCUT2D eigenvalue weighted by molar-refractivity contribution is 5.14. The minimum Gasteiger partial charge on any atom is -0.382 e. The molecule has 2 aromatic heterocycles. The first-order valence-electron chi connectivity index (χ1n) is 4.89. The van der Waals surface area contributed by atoms with Crippen LogP contribution in [0.2, 0.25) is 0 Å². The first-order chi connectivity index (χ1) is 7.79. The number of hydrogen-bond acceptors (Lipinski definition) is 6. The van der Waals surface area contributed by atoms with Crippen LogP contribution in [0.5, 0.6) is 0 Å². The summed E-state index contributed by atoms with van der Waals surface area (Å²) in [5.41, 5.74) is 6.31. The molecule has 1 unspecified atom stereocenters. The van der Waals surface area contributed by atoms with E-state index in [4.69, 9.17) is 10.3 Å². The molecule has 3 N–H and O–H groups in total. The van der Waals surface area contributed by atoms with Gasteiger partial charge in [0.25, 0.3) is 5.89 Å². The Labute approximate surface area is 92.1 Å². The number of nitrogens with two attached hydrogens (primary N) is 1. The van der Waals surface area contributed by atoms with Gasteiger partial charge in [-0.2, -0.15) is 4.98 Å². The second-order valence-corrected chi connectivity index (χ2v) is 3.33. The maximum atomic E-state index is 9.38. The lowest BCUT2D eigenvalue weighted by Gasteiger charge is -1.98. The molecule has 0 aliphatic carbocycles. The van der Waals surface area contributed by atoms with Gasteiger partial charge in [-0.3, -0.25) is 4.98 Å². The predicted molar refractivity (Wildman–Crippen MR) is 55.4 cm³/mol. The highest BCUT2D eigenvalue weighted by atomic mass is 16.5. The van der Waals surface area contributed by atoms with Crippen molar-refractivity contribution in [2.75, 3.05) is 6.54 Å². The largest absolute Gasteiger partial charge is 0.382 e. The lowest BCUT2D eigenvalue weighted by atomic mass is 10.2. The molecule has 0 amide bonds. The van der Waals surface area contributed by atoms with E-state index in [0.717, 1.165) is 5.56 Å². The van der Waals surface area contributed by atoms with Crippen molar-refractivity contribution in [2.24, 2.45) is 5.73 Å². The SMILES string of the molecule is NCC(O)c1nc(Cc2ccncc2)no1. The Hall–Kier alpha value is -1.79. The molecule has 2 heterocycles. The van der Waals surface area contributed by atoms with E-state index in [0.29, 0.717) is 12.2 Å². The van der Waals surface area contributed by atoms with Gasteiger partial charge in [0.1, 0.15) is 6.10 Å². The molecule has 0 saturated carbocycles. The van der Waals surface area contributed by atoms with Gasteiger partial charge in [-0.15, -0.1) is 0 Å². The molecule has 1 atom stereocenters. The monoisotopic (exact) mass is 220 g/mol. The minimum atomic E-state index is -0.890. The lowest BCUT2D eigenvalue weighted by molar-refractivity contribution is 0.141. The van der Waals surface area contributed by atoms with Crippen molar-refractivity contribution in [3.63, 3.8) is 0 Å². The van der Waals surface area contributed by atoms with E-state index in [-0.39, 0.29) is 12.4 Å². The summed E-state index contributed by atoms with van der Waals surface area (Å²) < 4.78 is 4.88. The summed E-state index contributed by atoms with van der Waals surface area (Å²) in [4.78, 5) is 7.96. The maximum absolute atomic E-state index is 9.38. The van der Waals surface area contributed by atoms with E-state index >= 15 is 0 Å². The number of hydrogen-bond donors (Lipinski definition) is 2. The van der Waals surface area contributed by atoms with Crippen LogP contribution in [0.15, 0.2) is 29.0 Å². The maximum Gasteiger partial charge on any atom is 0.256 e. The van der Waals surface area contributed by atoms with E-state index in [1.807, 2.05) is 12.1 Å². The molecule has 16 heavy (non-hydrogen) atoms. The second-order valence-electron chi connectivity index (χ2n) is 3.33. The third kappa shape index (κ3) is 2.41. The molecule has 0 aliphatic heterocycles. The number of rotatable bonds is 4. The van der Waals surface area contributed by atoms with Gasteiger partial charge in [0, 0.05) is 25.4 Å². The highest BCUT2D eigenvalue weighted by Crippen LogP contribution is 2.10. The molecule has 0 radical (unpaired) electrons. The van der Waals surface area contributed by atoms with E-state index in [1.165, 1.54) is 0 Å². The molecule has 0 bridgehead atoms. The topological polar surface area (TPSA) is 98.1 Å². The number of nitrogens with zero attached hydrogens (tertiary/aromatic N) is 3. The molecule has 0 fully saturated rings. The molecule has 0 aromatic carbocycles. The van der Waals surface area contributed by atoms with Crippen LogP contribution in [-0.4, -0.2) is 26.8 Å². The lowest BCUT2D eigenvalue weighted by Crippen LogP contribution is -2.11. The summed E-state index contributed by atoms with van der Waals surface area (Å²) in [6.45, 7) is 0.0664. The van der Waals surface area contributed by atoms with Crippen LogP contribution < -0.4 is 5.73 Å². The van der Waals surface area contributed by atoms with Crippen molar-refractivity contribution < 1.29 is 9.63 Å². The van der Waals surface area contributed by atoms with E-state index in [2.05, 4.69) is 15.1 Å². The normalized spacial score (nSPS) is 12.6. The van der Waals surface area contributed by atoms with Crippen molar-refractivity contribution in [3.8, 4) is 0 Å². The Kier molecular flexibility index (Phi) is 3.23. The molecule has 6 nitrogen and oxygen atoms in total. The van der Waals surface area contributed by atoms with Crippen LogP contribution in [0.25, 0.3) is 0 Å². The summed E-state index contributed by atoms with van der Waals surface area (Å²) in [7, 11) is 0. The van der Waals surface area contributed by atoms with Crippen LogP contribution in [0.1, 0.15) is 23.4 Å². The van der Waals surface area contributed by atoms with Gasteiger partial charge in [0.05, 0.1) is 0 Å². The molecular weight excluding hydrogens is 208 g/mol. The van der Waals surface area contributed by atoms with Crippen LogP contribution in [0.3, 0.4) is 0 Å². The Balaban J connectivity index is 2.09. The smallest absolute Gasteiger partial charge is 0.256 e. The molecule has 0 aliphatic rings. The molecule has 84 valence electrons. The average Bonchev–Trinajstić information content (AvgIpc) is 2.78. The number of aliphatic hydroxyl groups excluding tert-OH is 1. The number of pyridine rings is 1. The zero-order chi connectivity index (χ0) is 11.4.